The molecule has 1 N–H and O–H groups in total. The molecule has 4 heteroatoms. The molecule has 0 spiro atoms. The second kappa shape index (κ2) is 4.80. The van der Waals surface area contributed by atoms with Gasteiger partial charge in [0.1, 0.15) is 11.5 Å². The van der Waals surface area contributed by atoms with Gasteiger partial charge < -0.3 is 15.0 Å². The van der Waals surface area contributed by atoms with Crippen molar-refractivity contribution in [2.75, 3.05) is 18.0 Å². The van der Waals surface area contributed by atoms with Gasteiger partial charge in [0.15, 0.2) is 0 Å². The van der Waals surface area contributed by atoms with Crippen molar-refractivity contribution in [3.05, 3.63) is 48.8 Å². The topological polar surface area (TPSA) is 37.4 Å². The molecule has 2 saturated heterocycles. The summed E-state index contributed by atoms with van der Waals surface area (Å²) in [5.41, 5.74) is 1.16. The van der Waals surface area contributed by atoms with E-state index in [-0.39, 0.29) is 0 Å². The third-order valence-electron chi connectivity index (χ3n) is 4.07. The van der Waals surface area contributed by atoms with E-state index in [2.05, 4.69) is 21.3 Å². The highest BCUT2D eigenvalue weighted by Gasteiger charge is 2.37. The lowest BCUT2D eigenvalue weighted by Crippen LogP contribution is -2.43. The fourth-order valence-electron chi connectivity index (χ4n) is 3.12. The maximum absolute atomic E-state index is 5.85. The number of nitrogens with zero attached hydrogens (tertiary/aromatic N) is 2. The van der Waals surface area contributed by atoms with E-state index in [1.165, 1.54) is 6.42 Å². The molecule has 102 valence electrons. The molecule has 2 bridgehead atoms. The third kappa shape index (κ3) is 2.12. The highest BCUT2D eigenvalue weighted by molar-refractivity contribution is 5.52. The number of fused-ring (bicyclic) bond motifs is 2. The molecule has 0 amide bonds. The third-order valence-corrected chi connectivity index (χ3v) is 4.07. The van der Waals surface area contributed by atoms with Crippen LogP contribution in [0.5, 0.6) is 11.5 Å². The number of rotatable bonds is 3. The van der Waals surface area contributed by atoms with Crippen LogP contribution in [0.4, 0.5) is 5.69 Å². The van der Waals surface area contributed by atoms with Crippen LogP contribution in [0.1, 0.15) is 6.42 Å². The molecular weight excluding hydrogens is 250 g/mol. The monoisotopic (exact) mass is 267 g/mol. The molecule has 2 aromatic rings. The lowest BCUT2D eigenvalue weighted by molar-refractivity contribution is 0.479. The Morgan fingerprint density at radius 1 is 1.15 bits per heavy atom. The van der Waals surface area contributed by atoms with Gasteiger partial charge in [0.2, 0.25) is 0 Å². The number of pyridine rings is 1. The van der Waals surface area contributed by atoms with Gasteiger partial charge in [0, 0.05) is 31.2 Å². The summed E-state index contributed by atoms with van der Waals surface area (Å²) in [6, 6.07) is 13.2. The number of anilines is 1. The van der Waals surface area contributed by atoms with Crippen molar-refractivity contribution in [1.82, 2.24) is 10.3 Å². The van der Waals surface area contributed by atoms with Gasteiger partial charge in [-0.15, -0.1) is 0 Å². The zero-order valence-corrected chi connectivity index (χ0v) is 11.2. The number of hydrogen-bond acceptors (Lipinski definition) is 4. The summed E-state index contributed by atoms with van der Waals surface area (Å²) in [6.45, 7) is 2.15. The van der Waals surface area contributed by atoms with Gasteiger partial charge in [-0.3, -0.25) is 4.98 Å². The standard InChI is InChI=1S/C16H17N3O/c1-2-4-15(5-3-1)20-16-7-14(8-17-10-16)19-11-12-6-13(19)9-18-12/h1-5,7-8,10,12-13,18H,6,9,11H2/t12-,13+/m1/s1. The van der Waals surface area contributed by atoms with Gasteiger partial charge in [-0.2, -0.15) is 0 Å². The molecule has 0 unspecified atom stereocenters. The van der Waals surface area contributed by atoms with Crippen LogP contribution in [0, 0.1) is 0 Å². The Bertz CT molecular complexity index is 602. The first-order valence-corrected chi connectivity index (χ1v) is 7.06. The molecule has 2 fully saturated rings. The molecule has 0 radical (unpaired) electrons. The van der Waals surface area contributed by atoms with Crippen LogP contribution >= 0.6 is 0 Å². The van der Waals surface area contributed by atoms with E-state index in [0.717, 1.165) is 30.3 Å². The Hall–Kier alpha value is -2.07. The number of piperazine rings is 1. The van der Waals surface area contributed by atoms with Crippen LogP contribution in [-0.2, 0) is 0 Å². The van der Waals surface area contributed by atoms with E-state index < -0.39 is 0 Å². The zero-order chi connectivity index (χ0) is 13.4. The predicted molar refractivity (Wildman–Crippen MR) is 78.3 cm³/mol. The molecule has 2 aliphatic heterocycles. The molecule has 4 nitrogen and oxygen atoms in total. The summed E-state index contributed by atoms with van der Waals surface area (Å²) in [5, 5.41) is 3.52. The summed E-state index contributed by atoms with van der Waals surface area (Å²) in [6.07, 6.45) is 4.94. The van der Waals surface area contributed by atoms with Gasteiger partial charge in [-0.05, 0) is 18.6 Å². The largest absolute Gasteiger partial charge is 0.456 e. The quantitative estimate of drug-likeness (QED) is 0.926. The van der Waals surface area contributed by atoms with E-state index in [1.807, 2.05) is 36.5 Å². The second-order valence-electron chi connectivity index (χ2n) is 5.44. The fraction of sp³-hybridized carbons (Fsp3) is 0.312. The Balaban J connectivity index is 1.56. The minimum atomic E-state index is 0.605. The molecule has 20 heavy (non-hydrogen) atoms. The summed E-state index contributed by atoms with van der Waals surface area (Å²) >= 11 is 0. The van der Waals surface area contributed by atoms with Crippen molar-refractivity contribution < 1.29 is 4.74 Å². The molecule has 1 aromatic carbocycles. The van der Waals surface area contributed by atoms with Crippen LogP contribution in [-0.4, -0.2) is 30.2 Å². The molecule has 0 saturated carbocycles. The first kappa shape index (κ1) is 11.7. The smallest absolute Gasteiger partial charge is 0.147 e. The van der Waals surface area contributed by atoms with E-state index in [4.69, 9.17) is 4.74 Å². The Kier molecular flexibility index (Phi) is 2.81. The molecule has 2 atom stereocenters. The maximum Gasteiger partial charge on any atom is 0.147 e. The zero-order valence-electron chi connectivity index (χ0n) is 11.2. The van der Waals surface area contributed by atoms with Gasteiger partial charge in [-0.25, -0.2) is 0 Å². The van der Waals surface area contributed by atoms with Gasteiger partial charge in [0.05, 0.1) is 18.1 Å². The number of aromatic nitrogens is 1. The summed E-state index contributed by atoms with van der Waals surface area (Å²) < 4.78 is 5.85. The lowest BCUT2D eigenvalue weighted by Gasteiger charge is -2.29. The SMILES string of the molecule is c1ccc(Oc2cncc(N3C[C@H]4C[C@H]3CN4)c2)cc1. The van der Waals surface area contributed by atoms with Crippen molar-refractivity contribution in [3.63, 3.8) is 0 Å². The highest BCUT2D eigenvalue weighted by atomic mass is 16.5. The van der Waals surface area contributed by atoms with Gasteiger partial charge >= 0.3 is 0 Å². The number of hydrogen-bond donors (Lipinski definition) is 1. The van der Waals surface area contributed by atoms with Crippen molar-refractivity contribution >= 4 is 5.69 Å². The van der Waals surface area contributed by atoms with E-state index in [1.54, 1.807) is 6.20 Å². The Morgan fingerprint density at radius 2 is 2.05 bits per heavy atom. The minimum absolute atomic E-state index is 0.605. The van der Waals surface area contributed by atoms with E-state index in [9.17, 15) is 0 Å². The number of para-hydroxylation sites is 1. The second-order valence-corrected chi connectivity index (χ2v) is 5.44. The van der Waals surface area contributed by atoms with Crippen LogP contribution in [0.25, 0.3) is 0 Å². The van der Waals surface area contributed by atoms with Crippen LogP contribution in [0.3, 0.4) is 0 Å². The van der Waals surface area contributed by atoms with Crippen molar-refractivity contribution in [1.29, 1.82) is 0 Å². The predicted octanol–water partition coefficient (Wildman–Crippen LogP) is 2.42. The fourth-order valence-corrected chi connectivity index (χ4v) is 3.12. The molecule has 2 aliphatic rings. The molecular formula is C16H17N3O. The van der Waals surface area contributed by atoms with Crippen molar-refractivity contribution in [2.24, 2.45) is 0 Å². The number of ether oxygens (including phenoxy) is 1. The van der Waals surface area contributed by atoms with Crippen LogP contribution in [0.2, 0.25) is 0 Å². The molecule has 0 aliphatic carbocycles. The minimum Gasteiger partial charge on any atom is -0.456 e. The number of nitrogens with one attached hydrogen (secondary N) is 1. The average Bonchev–Trinajstić information content (AvgIpc) is 3.11. The van der Waals surface area contributed by atoms with Gasteiger partial charge in [0.25, 0.3) is 0 Å². The first-order chi connectivity index (χ1) is 9.88. The lowest BCUT2D eigenvalue weighted by atomic mass is 10.2. The Labute approximate surface area is 118 Å². The van der Waals surface area contributed by atoms with Crippen LogP contribution < -0.4 is 15.0 Å². The summed E-state index contributed by atoms with van der Waals surface area (Å²) in [7, 11) is 0. The van der Waals surface area contributed by atoms with E-state index >= 15 is 0 Å². The highest BCUT2D eigenvalue weighted by Crippen LogP contribution is 2.31. The number of benzene rings is 1. The summed E-state index contributed by atoms with van der Waals surface area (Å²) in [4.78, 5) is 6.76. The summed E-state index contributed by atoms with van der Waals surface area (Å²) in [5.74, 6) is 1.64. The maximum atomic E-state index is 5.85. The van der Waals surface area contributed by atoms with Gasteiger partial charge in [-0.1, -0.05) is 18.2 Å². The van der Waals surface area contributed by atoms with Crippen molar-refractivity contribution in [2.45, 2.75) is 18.5 Å². The average molecular weight is 267 g/mol. The normalized spacial score (nSPS) is 24.1. The van der Waals surface area contributed by atoms with Crippen LogP contribution in [0.15, 0.2) is 48.8 Å². The molecule has 1 aromatic heterocycles. The molecule has 4 rings (SSSR count). The van der Waals surface area contributed by atoms with Crippen molar-refractivity contribution in [3.8, 4) is 11.5 Å². The molecule has 3 heterocycles. The Morgan fingerprint density at radius 3 is 2.80 bits per heavy atom. The van der Waals surface area contributed by atoms with E-state index in [0.29, 0.717) is 12.1 Å². The first-order valence-electron chi connectivity index (χ1n) is 7.06.